The fraction of sp³-hybridized carbons (Fsp3) is 0.562. The Morgan fingerprint density at radius 1 is 1.50 bits per heavy atom. The Balaban J connectivity index is 2.01. The summed E-state index contributed by atoms with van der Waals surface area (Å²) in [4.78, 5) is 14.4. The molecule has 3 atom stereocenters. The lowest BCUT2D eigenvalue weighted by atomic mass is 9.99. The van der Waals surface area contributed by atoms with Crippen molar-refractivity contribution >= 4 is 5.91 Å². The first-order valence-electron chi connectivity index (χ1n) is 7.26. The van der Waals surface area contributed by atoms with Gasteiger partial charge in [0.1, 0.15) is 5.82 Å². The predicted octanol–water partition coefficient (Wildman–Crippen LogP) is 2.20. The third-order valence-electron chi connectivity index (χ3n) is 4.18. The van der Waals surface area contributed by atoms with Gasteiger partial charge < -0.3 is 10.6 Å². The van der Waals surface area contributed by atoms with Crippen molar-refractivity contribution in [1.29, 1.82) is 0 Å². The van der Waals surface area contributed by atoms with Crippen molar-refractivity contribution in [3.63, 3.8) is 0 Å². The maximum Gasteiger partial charge on any atom is 0.225 e. The van der Waals surface area contributed by atoms with Gasteiger partial charge in [-0.1, -0.05) is 25.1 Å². The van der Waals surface area contributed by atoms with Gasteiger partial charge in [0.15, 0.2) is 0 Å². The van der Waals surface area contributed by atoms with Crippen molar-refractivity contribution in [2.24, 2.45) is 17.6 Å². The van der Waals surface area contributed by atoms with E-state index in [4.69, 9.17) is 5.73 Å². The molecule has 3 unspecified atom stereocenters. The number of benzene rings is 1. The van der Waals surface area contributed by atoms with Crippen LogP contribution < -0.4 is 5.73 Å². The molecular formula is C16H23FN2O. The number of hydrogen-bond acceptors (Lipinski definition) is 2. The minimum Gasteiger partial charge on any atom is -0.339 e. The maximum absolute atomic E-state index is 13.6. The van der Waals surface area contributed by atoms with Gasteiger partial charge >= 0.3 is 0 Å². The summed E-state index contributed by atoms with van der Waals surface area (Å²) in [7, 11) is 0. The van der Waals surface area contributed by atoms with Gasteiger partial charge in [-0.05, 0) is 43.9 Å². The summed E-state index contributed by atoms with van der Waals surface area (Å²) >= 11 is 0. The van der Waals surface area contributed by atoms with Gasteiger partial charge in [-0.25, -0.2) is 4.39 Å². The highest BCUT2D eigenvalue weighted by atomic mass is 19.1. The zero-order chi connectivity index (χ0) is 14.7. The predicted molar refractivity (Wildman–Crippen MR) is 77.6 cm³/mol. The molecule has 1 aromatic carbocycles. The average Bonchev–Trinajstić information content (AvgIpc) is 2.81. The van der Waals surface area contributed by atoms with E-state index in [1.807, 2.05) is 11.8 Å². The zero-order valence-corrected chi connectivity index (χ0v) is 12.2. The molecule has 0 saturated carbocycles. The van der Waals surface area contributed by atoms with Crippen LogP contribution in [-0.4, -0.2) is 29.9 Å². The van der Waals surface area contributed by atoms with Crippen molar-refractivity contribution in [2.75, 3.05) is 13.1 Å². The van der Waals surface area contributed by atoms with Crippen molar-refractivity contribution in [3.8, 4) is 0 Å². The molecule has 0 radical (unpaired) electrons. The molecule has 110 valence electrons. The van der Waals surface area contributed by atoms with Crippen LogP contribution in [0.4, 0.5) is 4.39 Å². The smallest absolute Gasteiger partial charge is 0.225 e. The standard InChI is InChI=1S/C16H23FN2O/c1-11(7-14-5-3-4-6-15(14)17)16(20)19-10-13(9-18)8-12(19)2/h3-6,11-13H,7-10,18H2,1-2H3. The van der Waals surface area contributed by atoms with Gasteiger partial charge in [-0.15, -0.1) is 0 Å². The zero-order valence-electron chi connectivity index (χ0n) is 12.2. The minimum atomic E-state index is -0.235. The Bertz CT molecular complexity index is 477. The van der Waals surface area contributed by atoms with Crippen LogP contribution in [0.2, 0.25) is 0 Å². The van der Waals surface area contributed by atoms with Gasteiger partial charge in [0.05, 0.1) is 0 Å². The molecule has 0 aliphatic carbocycles. The summed E-state index contributed by atoms with van der Waals surface area (Å²) in [5, 5.41) is 0. The molecule has 1 aliphatic rings. The summed E-state index contributed by atoms with van der Waals surface area (Å²) in [6.07, 6.45) is 1.41. The van der Waals surface area contributed by atoms with Crippen LogP contribution >= 0.6 is 0 Å². The third kappa shape index (κ3) is 3.18. The quantitative estimate of drug-likeness (QED) is 0.917. The van der Waals surface area contributed by atoms with Gasteiger partial charge in [0.25, 0.3) is 0 Å². The average molecular weight is 278 g/mol. The number of nitrogens with two attached hydrogens (primary N) is 1. The highest BCUT2D eigenvalue weighted by Crippen LogP contribution is 2.25. The summed E-state index contributed by atoms with van der Waals surface area (Å²) < 4.78 is 13.6. The minimum absolute atomic E-state index is 0.108. The van der Waals surface area contributed by atoms with E-state index in [1.54, 1.807) is 18.2 Å². The summed E-state index contributed by atoms with van der Waals surface area (Å²) in [6, 6.07) is 6.89. The summed E-state index contributed by atoms with van der Waals surface area (Å²) in [5.74, 6) is 0.0682. The van der Waals surface area contributed by atoms with Crippen LogP contribution in [0.5, 0.6) is 0 Å². The molecule has 1 saturated heterocycles. The van der Waals surface area contributed by atoms with E-state index in [1.165, 1.54) is 6.07 Å². The molecule has 3 nitrogen and oxygen atoms in total. The van der Waals surface area contributed by atoms with E-state index in [9.17, 15) is 9.18 Å². The number of likely N-dealkylation sites (tertiary alicyclic amines) is 1. The van der Waals surface area contributed by atoms with Crippen molar-refractivity contribution < 1.29 is 9.18 Å². The highest BCUT2D eigenvalue weighted by molar-refractivity contribution is 5.79. The van der Waals surface area contributed by atoms with Gasteiger partial charge in [0, 0.05) is 18.5 Å². The molecule has 0 aromatic heterocycles. The van der Waals surface area contributed by atoms with Gasteiger partial charge in [-0.3, -0.25) is 4.79 Å². The fourth-order valence-electron chi connectivity index (χ4n) is 2.98. The molecule has 2 N–H and O–H groups in total. The summed E-state index contributed by atoms with van der Waals surface area (Å²) in [5.41, 5.74) is 6.30. The van der Waals surface area contributed by atoms with E-state index >= 15 is 0 Å². The number of halogens is 1. The van der Waals surface area contributed by atoms with Crippen LogP contribution in [0, 0.1) is 17.7 Å². The molecule has 1 amide bonds. The summed E-state index contributed by atoms with van der Waals surface area (Å²) in [6.45, 7) is 5.29. The Morgan fingerprint density at radius 3 is 2.80 bits per heavy atom. The van der Waals surface area contributed by atoms with Gasteiger partial charge in [0.2, 0.25) is 5.91 Å². The second kappa shape index (κ2) is 6.35. The van der Waals surface area contributed by atoms with Gasteiger partial charge in [-0.2, -0.15) is 0 Å². The van der Waals surface area contributed by atoms with Crippen molar-refractivity contribution in [1.82, 2.24) is 4.90 Å². The van der Waals surface area contributed by atoms with Crippen LogP contribution in [0.3, 0.4) is 0 Å². The van der Waals surface area contributed by atoms with E-state index in [-0.39, 0.29) is 23.7 Å². The second-order valence-electron chi connectivity index (χ2n) is 5.87. The number of rotatable bonds is 4. The lowest BCUT2D eigenvalue weighted by Crippen LogP contribution is -2.38. The first-order valence-corrected chi connectivity index (χ1v) is 7.26. The van der Waals surface area contributed by atoms with Crippen molar-refractivity contribution in [2.45, 2.75) is 32.7 Å². The lowest BCUT2D eigenvalue weighted by Gasteiger charge is -2.25. The third-order valence-corrected chi connectivity index (χ3v) is 4.18. The molecule has 4 heteroatoms. The van der Waals surface area contributed by atoms with Crippen LogP contribution in [0.15, 0.2) is 24.3 Å². The topological polar surface area (TPSA) is 46.3 Å². The highest BCUT2D eigenvalue weighted by Gasteiger charge is 2.33. The molecule has 1 aliphatic heterocycles. The molecule has 1 heterocycles. The van der Waals surface area contributed by atoms with Crippen LogP contribution in [0.25, 0.3) is 0 Å². The molecule has 1 fully saturated rings. The number of nitrogens with zero attached hydrogens (tertiary/aromatic N) is 1. The maximum atomic E-state index is 13.6. The van der Waals surface area contributed by atoms with E-state index < -0.39 is 0 Å². The number of hydrogen-bond donors (Lipinski definition) is 1. The Kier molecular flexibility index (Phi) is 4.76. The molecule has 1 aromatic rings. The monoisotopic (exact) mass is 278 g/mol. The first-order chi connectivity index (χ1) is 9.52. The molecule has 0 spiro atoms. The van der Waals surface area contributed by atoms with Crippen LogP contribution in [-0.2, 0) is 11.2 Å². The van der Waals surface area contributed by atoms with Crippen LogP contribution in [0.1, 0.15) is 25.8 Å². The first kappa shape index (κ1) is 15.0. The molecular weight excluding hydrogens is 255 g/mol. The van der Waals surface area contributed by atoms with E-state index in [0.717, 1.165) is 13.0 Å². The lowest BCUT2D eigenvalue weighted by molar-refractivity contribution is -0.135. The van der Waals surface area contributed by atoms with Crippen molar-refractivity contribution in [3.05, 3.63) is 35.6 Å². The SMILES string of the molecule is CC(Cc1ccccc1F)C(=O)N1CC(CN)CC1C. The number of carbonyl (C=O) groups is 1. The fourth-order valence-corrected chi connectivity index (χ4v) is 2.98. The largest absolute Gasteiger partial charge is 0.339 e. The van der Waals surface area contributed by atoms with E-state index in [2.05, 4.69) is 6.92 Å². The second-order valence-corrected chi connectivity index (χ2v) is 5.87. The Labute approximate surface area is 120 Å². The number of carbonyl (C=O) groups excluding carboxylic acids is 1. The molecule has 20 heavy (non-hydrogen) atoms. The molecule has 0 bridgehead atoms. The molecule has 2 rings (SSSR count). The Hall–Kier alpha value is -1.42. The Morgan fingerprint density at radius 2 is 2.20 bits per heavy atom. The number of amides is 1. The normalized spacial score (nSPS) is 23.9. The van der Waals surface area contributed by atoms with E-state index in [0.29, 0.717) is 24.4 Å².